The van der Waals surface area contributed by atoms with Gasteiger partial charge >= 0.3 is 5.16 Å². The molecule has 1 saturated carbocycles. The summed E-state index contributed by atoms with van der Waals surface area (Å²) in [5, 5.41) is 1.12. The van der Waals surface area contributed by atoms with E-state index in [9.17, 15) is 9.35 Å². The molecule has 1 aliphatic carbocycles. The van der Waals surface area contributed by atoms with Crippen molar-refractivity contribution in [2.24, 2.45) is 0 Å². The first-order valence-electron chi connectivity index (χ1n) is 6.15. The maximum absolute atomic E-state index is 12.5. The molecule has 7 heteroatoms. The zero-order valence-electron chi connectivity index (χ0n) is 9.88. The fourth-order valence-corrected chi connectivity index (χ4v) is 5.03. The van der Waals surface area contributed by atoms with Crippen LogP contribution in [0.15, 0.2) is 26.7 Å². The van der Waals surface area contributed by atoms with E-state index in [0.29, 0.717) is 15.3 Å². The topological polar surface area (TPSA) is 70.8 Å². The van der Waals surface area contributed by atoms with E-state index in [1.54, 1.807) is 16.8 Å². The fraction of sp³-hybridized carbons (Fsp3) is 0.462. The fourth-order valence-electron chi connectivity index (χ4n) is 3.06. The molecule has 5 nitrogen and oxygen atoms in total. The molecule has 2 aromatic heterocycles. The Bertz CT molecular complexity index is 748. The van der Waals surface area contributed by atoms with Crippen LogP contribution in [0.3, 0.4) is 0 Å². The third kappa shape index (κ3) is 1.76. The summed E-state index contributed by atoms with van der Waals surface area (Å²) in [7, 11) is 0. The molecule has 3 unspecified atom stereocenters. The van der Waals surface area contributed by atoms with Gasteiger partial charge in [0.25, 0.3) is 5.56 Å². The second-order valence-electron chi connectivity index (χ2n) is 4.93. The minimum atomic E-state index is -1.22. The van der Waals surface area contributed by atoms with Crippen molar-refractivity contribution in [3.63, 3.8) is 0 Å². The smallest absolute Gasteiger partial charge is 0.345 e. The van der Waals surface area contributed by atoms with Crippen LogP contribution in [0.25, 0.3) is 11.0 Å². The van der Waals surface area contributed by atoms with E-state index in [1.807, 2.05) is 0 Å². The monoisotopic (exact) mass is 355 g/mol. The van der Waals surface area contributed by atoms with Crippen molar-refractivity contribution < 1.29 is 4.55 Å². The molecule has 0 spiro atoms. The van der Waals surface area contributed by atoms with E-state index in [0.717, 1.165) is 24.6 Å². The van der Waals surface area contributed by atoms with Crippen LogP contribution in [0.1, 0.15) is 32.7 Å². The van der Waals surface area contributed by atoms with Gasteiger partial charge < -0.3 is 4.55 Å². The van der Waals surface area contributed by atoms with Crippen molar-refractivity contribution >= 4 is 38.1 Å². The maximum Gasteiger partial charge on any atom is 0.345 e. The molecule has 2 aliphatic rings. The number of halogens is 1. The largest absolute Gasteiger partial charge is 0.609 e. The lowest BCUT2D eigenvalue weighted by Gasteiger charge is -2.20. The van der Waals surface area contributed by atoms with E-state index in [-0.39, 0.29) is 24.3 Å². The number of nitrogens with zero attached hydrogens (tertiary/aromatic N) is 3. The Labute approximate surface area is 127 Å². The molecule has 2 bridgehead atoms. The third-order valence-electron chi connectivity index (χ3n) is 3.91. The zero-order valence-corrected chi connectivity index (χ0v) is 12.3. The number of pyridine rings is 1. The van der Waals surface area contributed by atoms with Gasteiger partial charge in [-0.15, -0.1) is 0 Å². The van der Waals surface area contributed by atoms with Crippen LogP contribution in [0, 0.1) is 0 Å². The number of hydrogen-bond donors (Lipinski definition) is 0. The molecule has 3 heterocycles. The summed E-state index contributed by atoms with van der Waals surface area (Å²) in [5.74, 6) is 0. The first kappa shape index (κ1) is 14.0. The second kappa shape index (κ2) is 4.82. The molecule has 0 N–H and O–H groups in total. The lowest BCUT2D eigenvalue weighted by molar-refractivity contribution is 0.500. The van der Waals surface area contributed by atoms with Crippen LogP contribution in [0.4, 0.5) is 0 Å². The van der Waals surface area contributed by atoms with Gasteiger partial charge in [0.1, 0.15) is 5.25 Å². The second-order valence-corrected chi connectivity index (χ2v) is 7.35. The molecular weight excluding hydrogens is 342 g/mol. The Morgan fingerprint density at radius 1 is 1.45 bits per heavy atom. The highest BCUT2D eigenvalue weighted by atomic mass is 79.9. The van der Waals surface area contributed by atoms with Gasteiger partial charge in [0.2, 0.25) is 0 Å². The SMILES string of the molecule is C.O=c1c(Br)cc2cnc3nc2n1C1CCCC1[S+]3[O-]. The lowest BCUT2D eigenvalue weighted by Crippen LogP contribution is -2.32. The summed E-state index contributed by atoms with van der Waals surface area (Å²) in [4.78, 5) is 20.9. The van der Waals surface area contributed by atoms with Crippen molar-refractivity contribution in [3.05, 3.63) is 27.1 Å². The van der Waals surface area contributed by atoms with Crippen LogP contribution in [0.2, 0.25) is 0 Å². The van der Waals surface area contributed by atoms with Crippen LogP contribution in [-0.4, -0.2) is 24.3 Å². The van der Waals surface area contributed by atoms with Crippen molar-refractivity contribution in [1.82, 2.24) is 14.5 Å². The van der Waals surface area contributed by atoms with Gasteiger partial charge in [0.05, 0.1) is 10.5 Å². The number of hydrogen-bond acceptors (Lipinski definition) is 4. The first-order valence-corrected chi connectivity index (χ1v) is 8.16. The first-order chi connectivity index (χ1) is 9.16. The lowest BCUT2D eigenvalue weighted by atomic mass is 10.2. The molecular formula is C13H14BrN3O2S. The highest BCUT2D eigenvalue weighted by molar-refractivity contribution is 9.10. The predicted octanol–water partition coefficient (Wildman–Crippen LogP) is 2.40. The Hall–Kier alpha value is -0.920. The standard InChI is InChI=1S/C12H10BrN3O2S.CH4/c13-7-4-6-5-14-12-15-10(6)16(11(7)17)8-2-1-3-9(8)19(12)18;/h4-5,8-9H,1-3H2;1H4. The van der Waals surface area contributed by atoms with Crippen molar-refractivity contribution in [2.75, 3.05) is 0 Å². The molecule has 4 rings (SSSR count). The van der Waals surface area contributed by atoms with Crippen molar-refractivity contribution in [3.8, 4) is 0 Å². The Morgan fingerprint density at radius 2 is 2.25 bits per heavy atom. The summed E-state index contributed by atoms with van der Waals surface area (Å²) >= 11 is 2.08. The van der Waals surface area contributed by atoms with Gasteiger partial charge in [0, 0.05) is 22.8 Å². The zero-order chi connectivity index (χ0) is 13.1. The molecule has 3 atom stereocenters. The van der Waals surface area contributed by atoms with Crippen LogP contribution in [0.5, 0.6) is 0 Å². The van der Waals surface area contributed by atoms with E-state index < -0.39 is 11.2 Å². The third-order valence-corrected chi connectivity index (χ3v) is 6.14. The predicted molar refractivity (Wildman–Crippen MR) is 81.3 cm³/mol. The van der Waals surface area contributed by atoms with Crippen molar-refractivity contribution in [1.29, 1.82) is 0 Å². The van der Waals surface area contributed by atoms with Gasteiger partial charge in [0.15, 0.2) is 5.65 Å². The van der Waals surface area contributed by atoms with Gasteiger partial charge in [-0.05, 0) is 41.3 Å². The van der Waals surface area contributed by atoms with E-state index in [2.05, 4.69) is 25.9 Å². The van der Waals surface area contributed by atoms with Crippen LogP contribution < -0.4 is 5.56 Å². The molecule has 0 radical (unpaired) electrons. The number of aromatic nitrogens is 3. The average molecular weight is 356 g/mol. The summed E-state index contributed by atoms with van der Waals surface area (Å²) in [6, 6.07) is 1.71. The van der Waals surface area contributed by atoms with Gasteiger partial charge in [-0.1, -0.05) is 7.43 Å². The molecule has 0 amide bonds. The Morgan fingerprint density at radius 3 is 3.05 bits per heavy atom. The molecule has 0 aromatic carbocycles. The van der Waals surface area contributed by atoms with Gasteiger partial charge in [-0.25, -0.2) is 0 Å². The minimum absolute atomic E-state index is 0. The quantitative estimate of drug-likeness (QED) is 0.537. The van der Waals surface area contributed by atoms with Gasteiger partial charge in [-0.2, -0.15) is 9.97 Å². The molecule has 1 fully saturated rings. The summed E-state index contributed by atoms with van der Waals surface area (Å²) < 4.78 is 14.7. The summed E-state index contributed by atoms with van der Waals surface area (Å²) in [5.41, 5.74) is 0.522. The molecule has 106 valence electrons. The Balaban J connectivity index is 0.00000121. The molecule has 20 heavy (non-hydrogen) atoms. The normalized spacial score (nSPS) is 27.2. The summed E-state index contributed by atoms with van der Waals surface area (Å²) in [6.45, 7) is 0. The molecule has 2 aromatic rings. The van der Waals surface area contributed by atoms with E-state index in [4.69, 9.17) is 0 Å². The molecule has 1 aliphatic heterocycles. The number of rotatable bonds is 0. The highest BCUT2D eigenvalue weighted by Gasteiger charge is 2.43. The Kier molecular flexibility index (Phi) is 3.38. The van der Waals surface area contributed by atoms with Crippen LogP contribution >= 0.6 is 15.9 Å². The number of fused-ring (bicyclic) bond motifs is 3. The summed E-state index contributed by atoms with van der Waals surface area (Å²) in [6.07, 6.45) is 4.38. The maximum atomic E-state index is 12.5. The minimum Gasteiger partial charge on any atom is -0.609 e. The van der Waals surface area contributed by atoms with E-state index >= 15 is 0 Å². The van der Waals surface area contributed by atoms with Crippen LogP contribution in [-0.2, 0) is 11.2 Å². The van der Waals surface area contributed by atoms with Gasteiger partial charge in [-0.3, -0.25) is 9.36 Å². The highest BCUT2D eigenvalue weighted by Crippen LogP contribution is 2.39. The molecule has 0 saturated heterocycles. The van der Waals surface area contributed by atoms with Crippen molar-refractivity contribution in [2.45, 2.75) is 43.1 Å². The van der Waals surface area contributed by atoms with E-state index in [1.165, 1.54) is 0 Å². The average Bonchev–Trinajstić information content (AvgIpc) is 2.84.